The number of carboxylic acid groups (broad SMARTS) is 1. The number of hydrogen-bond donors (Lipinski definition) is 2. The summed E-state index contributed by atoms with van der Waals surface area (Å²) in [5.41, 5.74) is 0.964. The number of nitrogens with zero attached hydrogens (tertiary/aromatic N) is 1. The van der Waals surface area contributed by atoms with Crippen molar-refractivity contribution in [3.8, 4) is 5.75 Å². The molecule has 5 nitrogen and oxygen atoms in total. The molecule has 2 N–H and O–H groups in total. The number of benzene rings is 1. The maximum absolute atomic E-state index is 11.1. The van der Waals surface area contributed by atoms with Gasteiger partial charge >= 0.3 is 5.97 Å². The zero-order valence-corrected chi connectivity index (χ0v) is 11.7. The number of aliphatic carboxylic acids is 1. The molecule has 0 aliphatic carbocycles. The number of anilines is 1. The average molecular weight is 266 g/mol. The number of likely N-dealkylation sites (N-methyl/N-ethyl adjacent to an activating group) is 1. The molecule has 1 rings (SSSR count). The summed E-state index contributed by atoms with van der Waals surface area (Å²) in [6.07, 6.45) is 0.539. The van der Waals surface area contributed by atoms with Crippen molar-refractivity contribution >= 4 is 11.7 Å². The molecule has 0 saturated carbocycles. The zero-order chi connectivity index (χ0) is 14.3. The van der Waals surface area contributed by atoms with Gasteiger partial charge in [-0.2, -0.15) is 0 Å². The molecule has 0 spiro atoms. The Hall–Kier alpha value is -1.75. The first kappa shape index (κ1) is 15.3. The molecule has 0 aromatic heterocycles. The smallest absolute Gasteiger partial charge is 0.320 e. The Morgan fingerprint density at radius 1 is 1.47 bits per heavy atom. The maximum Gasteiger partial charge on any atom is 0.320 e. The number of ether oxygens (including phenoxy) is 1. The van der Waals surface area contributed by atoms with E-state index in [1.165, 1.54) is 0 Å². The Bertz CT molecular complexity index is 409. The Morgan fingerprint density at radius 3 is 2.74 bits per heavy atom. The lowest BCUT2D eigenvalue weighted by atomic mass is 10.2. The Balaban J connectivity index is 2.63. The summed E-state index contributed by atoms with van der Waals surface area (Å²) in [4.78, 5) is 13.1. The zero-order valence-electron chi connectivity index (χ0n) is 11.7. The van der Waals surface area contributed by atoms with Crippen LogP contribution in [0.15, 0.2) is 24.3 Å². The summed E-state index contributed by atoms with van der Waals surface area (Å²) < 4.78 is 5.29. The maximum atomic E-state index is 11.1. The second kappa shape index (κ2) is 7.63. The standard InChI is InChI=1S/C14H22N2O3/c1-4-15-11(14(17)18)9-10-16(2)12-7-5-6-8-13(12)19-3/h5-8,11,15H,4,9-10H2,1-3H3,(H,17,18). The fourth-order valence-electron chi connectivity index (χ4n) is 1.95. The van der Waals surface area contributed by atoms with Gasteiger partial charge in [-0.1, -0.05) is 19.1 Å². The quantitative estimate of drug-likeness (QED) is 0.748. The van der Waals surface area contributed by atoms with E-state index in [0.29, 0.717) is 19.5 Å². The number of rotatable bonds is 8. The lowest BCUT2D eigenvalue weighted by Crippen LogP contribution is -2.39. The van der Waals surface area contributed by atoms with E-state index >= 15 is 0 Å². The van der Waals surface area contributed by atoms with Gasteiger partial charge in [0.2, 0.25) is 0 Å². The van der Waals surface area contributed by atoms with Crippen molar-refractivity contribution in [2.45, 2.75) is 19.4 Å². The lowest BCUT2D eigenvalue weighted by molar-refractivity contribution is -0.139. The van der Waals surface area contributed by atoms with E-state index < -0.39 is 12.0 Å². The van der Waals surface area contributed by atoms with Gasteiger partial charge < -0.3 is 20.1 Å². The van der Waals surface area contributed by atoms with Crippen LogP contribution in [0.2, 0.25) is 0 Å². The van der Waals surface area contributed by atoms with E-state index in [2.05, 4.69) is 5.32 Å². The van der Waals surface area contributed by atoms with E-state index in [1.807, 2.05) is 43.1 Å². The van der Waals surface area contributed by atoms with Gasteiger partial charge in [0.15, 0.2) is 0 Å². The van der Waals surface area contributed by atoms with Crippen molar-refractivity contribution in [3.05, 3.63) is 24.3 Å². The van der Waals surface area contributed by atoms with Gasteiger partial charge in [-0.3, -0.25) is 4.79 Å². The molecule has 106 valence electrons. The number of methoxy groups -OCH3 is 1. The van der Waals surface area contributed by atoms with Crippen LogP contribution in [0.4, 0.5) is 5.69 Å². The third-order valence-electron chi connectivity index (χ3n) is 3.00. The van der Waals surface area contributed by atoms with E-state index in [1.54, 1.807) is 7.11 Å². The second-order valence-electron chi connectivity index (χ2n) is 4.33. The van der Waals surface area contributed by atoms with Crippen LogP contribution in [0.25, 0.3) is 0 Å². The third kappa shape index (κ3) is 4.44. The Morgan fingerprint density at radius 2 is 2.16 bits per heavy atom. The molecule has 0 heterocycles. The second-order valence-corrected chi connectivity index (χ2v) is 4.33. The fourth-order valence-corrected chi connectivity index (χ4v) is 1.95. The van der Waals surface area contributed by atoms with Crippen molar-refractivity contribution in [2.24, 2.45) is 0 Å². The van der Waals surface area contributed by atoms with Crippen LogP contribution in [-0.4, -0.2) is 44.4 Å². The summed E-state index contributed by atoms with van der Waals surface area (Å²) in [6.45, 7) is 3.19. The monoisotopic (exact) mass is 266 g/mol. The Labute approximate surface area is 114 Å². The summed E-state index contributed by atoms with van der Waals surface area (Å²) >= 11 is 0. The number of carboxylic acids is 1. The predicted molar refractivity (Wildman–Crippen MR) is 76.0 cm³/mol. The van der Waals surface area contributed by atoms with Gasteiger partial charge in [0.25, 0.3) is 0 Å². The summed E-state index contributed by atoms with van der Waals surface area (Å²) in [6, 6.07) is 7.19. The van der Waals surface area contributed by atoms with Gasteiger partial charge in [-0.25, -0.2) is 0 Å². The SMILES string of the molecule is CCNC(CCN(C)c1ccccc1OC)C(=O)O. The fraction of sp³-hybridized carbons (Fsp3) is 0.500. The van der Waals surface area contributed by atoms with E-state index in [9.17, 15) is 4.79 Å². The molecule has 0 saturated heterocycles. The van der Waals surface area contributed by atoms with E-state index in [0.717, 1.165) is 11.4 Å². The normalized spacial score (nSPS) is 11.9. The average Bonchev–Trinajstić information content (AvgIpc) is 2.42. The van der Waals surface area contributed by atoms with Gasteiger partial charge in [0.05, 0.1) is 12.8 Å². The topological polar surface area (TPSA) is 61.8 Å². The van der Waals surface area contributed by atoms with Crippen molar-refractivity contribution in [2.75, 3.05) is 32.1 Å². The molecule has 19 heavy (non-hydrogen) atoms. The van der Waals surface area contributed by atoms with E-state index in [-0.39, 0.29) is 0 Å². The molecule has 1 unspecified atom stereocenters. The van der Waals surface area contributed by atoms with Crippen molar-refractivity contribution in [3.63, 3.8) is 0 Å². The minimum absolute atomic E-state index is 0.512. The molecular formula is C14H22N2O3. The highest BCUT2D eigenvalue weighted by Gasteiger charge is 2.17. The number of carbonyl (C=O) groups is 1. The van der Waals surface area contributed by atoms with Crippen LogP contribution >= 0.6 is 0 Å². The first-order valence-electron chi connectivity index (χ1n) is 6.40. The van der Waals surface area contributed by atoms with Crippen LogP contribution < -0.4 is 15.0 Å². The van der Waals surface area contributed by atoms with Gasteiger partial charge in [0, 0.05) is 13.6 Å². The van der Waals surface area contributed by atoms with Gasteiger partial charge in [0.1, 0.15) is 11.8 Å². The Kier molecular flexibility index (Phi) is 6.15. The summed E-state index contributed by atoms with van der Waals surface area (Å²) in [5, 5.41) is 12.0. The first-order valence-corrected chi connectivity index (χ1v) is 6.40. The van der Waals surface area contributed by atoms with Crippen molar-refractivity contribution in [1.82, 2.24) is 5.32 Å². The third-order valence-corrected chi connectivity index (χ3v) is 3.00. The highest BCUT2D eigenvalue weighted by atomic mass is 16.5. The minimum atomic E-state index is -0.810. The number of hydrogen-bond acceptors (Lipinski definition) is 4. The molecule has 0 bridgehead atoms. The van der Waals surface area contributed by atoms with Crippen LogP contribution in [0.3, 0.4) is 0 Å². The van der Waals surface area contributed by atoms with E-state index in [4.69, 9.17) is 9.84 Å². The number of nitrogens with one attached hydrogen (secondary N) is 1. The van der Waals surface area contributed by atoms with Gasteiger partial charge in [-0.05, 0) is 25.1 Å². The summed E-state index contributed by atoms with van der Waals surface area (Å²) in [5.74, 6) is -0.0180. The summed E-state index contributed by atoms with van der Waals surface area (Å²) in [7, 11) is 3.56. The van der Waals surface area contributed by atoms with Crippen LogP contribution in [0.5, 0.6) is 5.75 Å². The molecule has 0 aliphatic heterocycles. The van der Waals surface area contributed by atoms with Crippen LogP contribution in [0, 0.1) is 0 Å². The van der Waals surface area contributed by atoms with Crippen molar-refractivity contribution < 1.29 is 14.6 Å². The van der Waals surface area contributed by atoms with Crippen LogP contribution in [0.1, 0.15) is 13.3 Å². The molecule has 5 heteroatoms. The molecule has 0 amide bonds. The molecular weight excluding hydrogens is 244 g/mol. The molecule has 0 fully saturated rings. The first-order chi connectivity index (χ1) is 9.10. The highest BCUT2D eigenvalue weighted by Crippen LogP contribution is 2.26. The molecule has 1 aromatic rings. The molecule has 1 aromatic carbocycles. The highest BCUT2D eigenvalue weighted by molar-refractivity contribution is 5.73. The molecule has 0 radical (unpaired) electrons. The number of para-hydroxylation sites is 2. The molecule has 1 atom stereocenters. The van der Waals surface area contributed by atoms with Gasteiger partial charge in [-0.15, -0.1) is 0 Å². The molecule has 0 aliphatic rings. The predicted octanol–water partition coefficient (Wildman–Crippen LogP) is 1.58. The van der Waals surface area contributed by atoms with Crippen LogP contribution in [-0.2, 0) is 4.79 Å². The largest absolute Gasteiger partial charge is 0.495 e. The lowest BCUT2D eigenvalue weighted by Gasteiger charge is -2.23. The minimum Gasteiger partial charge on any atom is -0.495 e. The van der Waals surface area contributed by atoms with Crippen molar-refractivity contribution in [1.29, 1.82) is 0 Å².